The quantitative estimate of drug-likeness (QED) is 0.717. The largest absolute Gasteiger partial charge is 0.481 e. The van der Waals surface area contributed by atoms with Crippen molar-refractivity contribution in [1.82, 2.24) is 14.7 Å². The van der Waals surface area contributed by atoms with Crippen molar-refractivity contribution in [1.29, 1.82) is 0 Å². The first kappa shape index (κ1) is 16.8. The van der Waals surface area contributed by atoms with E-state index in [1.165, 1.54) is 0 Å². The van der Waals surface area contributed by atoms with E-state index in [0.29, 0.717) is 0 Å². The normalized spacial score (nSPS) is 16.2. The third-order valence-corrected chi connectivity index (χ3v) is 3.79. The van der Waals surface area contributed by atoms with Crippen LogP contribution < -0.4 is 0 Å². The Labute approximate surface area is 121 Å². The summed E-state index contributed by atoms with van der Waals surface area (Å²) >= 11 is 0. The molecule has 1 fully saturated rings. The number of carbonyl (C=O) groups excluding carboxylic acids is 1. The number of carboxylic acid groups (broad SMARTS) is 1. The smallest absolute Gasteiger partial charge is 0.320 e. The molecule has 1 aliphatic rings. The number of nitrogens with zero attached hydrogens (tertiary/aromatic N) is 3. The monoisotopic (exact) mass is 285 g/mol. The van der Waals surface area contributed by atoms with Crippen LogP contribution in [0.1, 0.15) is 33.1 Å². The third kappa shape index (κ3) is 5.36. The minimum atomic E-state index is -0.723. The minimum absolute atomic E-state index is 0.139. The predicted octanol–water partition coefficient (Wildman–Crippen LogP) is 1.32. The van der Waals surface area contributed by atoms with Gasteiger partial charge in [0, 0.05) is 45.7 Å². The zero-order chi connectivity index (χ0) is 15.0. The van der Waals surface area contributed by atoms with Gasteiger partial charge in [0.1, 0.15) is 0 Å². The Bertz CT molecular complexity index is 311. The molecule has 0 bridgehead atoms. The highest BCUT2D eigenvalue weighted by Gasteiger charge is 2.23. The van der Waals surface area contributed by atoms with Crippen molar-refractivity contribution in [2.24, 2.45) is 0 Å². The molecule has 116 valence electrons. The minimum Gasteiger partial charge on any atom is -0.481 e. The summed E-state index contributed by atoms with van der Waals surface area (Å²) in [7, 11) is 0. The average Bonchev–Trinajstić information content (AvgIpc) is 2.45. The van der Waals surface area contributed by atoms with Crippen molar-refractivity contribution in [2.75, 3.05) is 45.8 Å². The molecule has 1 saturated heterocycles. The summed E-state index contributed by atoms with van der Waals surface area (Å²) in [6.07, 6.45) is 1.89. The molecule has 1 heterocycles. The third-order valence-electron chi connectivity index (χ3n) is 3.79. The maximum atomic E-state index is 12.2. The van der Waals surface area contributed by atoms with Gasteiger partial charge in [0.05, 0.1) is 0 Å². The van der Waals surface area contributed by atoms with E-state index < -0.39 is 5.97 Å². The molecule has 0 aromatic carbocycles. The molecule has 0 atom stereocenters. The van der Waals surface area contributed by atoms with Gasteiger partial charge in [-0.05, 0) is 33.2 Å². The van der Waals surface area contributed by atoms with Gasteiger partial charge in [0.25, 0.3) is 0 Å². The molecule has 1 N–H and O–H groups in total. The number of hydrogen-bond donors (Lipinski definition) is 1. The summed E-state index contributed by atoms with van der Waals surface area (Å²) in [5.74, 6) is -0.723. The number of carboxylic acids is 1. The maximum Gasteiger partial charge on any atom is 0.320 e. The molecule has 20 heavy (non-hydrogen) atoms. The number of hydrogen-bond acceptors (Lipinski definition) is 3. The molecule has 0 spiro atoms. The Hall–Kier alpha value is -1.30. The van der Waals surface area contributed by atoms with Gasteiger partial charge < -0.3 is 14.9 Å². The fraction of sp³-hybridized carbons (Fsp3) is 0.857. The van der Waals surface area contributed by atoms with Gasteiger partial charge in [-0.2, -0.15) is 0 Å². The summed E-state index contributed by atoms with van der Waals surface area (Å²) in [4.78, 5) is 28.7. The lowest BCUT2D eigenvalue weighted by Crippen LogP contribution is -2.52. The highest BCUT2D eigenvalue weighted by molar-refractivity contribution is 5.74. The van der Waals surface area contributed by atoms with E-state index >= 15 is 0 Å². The van der Waals surface area contributed by atoms with Crippen molar-refractivity contribution in [3.63, 3.8) is 0 Å². The maximum absolute atomic E-state index is 12.2. The first-order valence-corrected chi connectivity index (χ1v) is 7.56. The second-order valence-electron chi connectivity index (χ2n) is 5.13. The van der Waals surface area contributed by atoms with E-state index in [9.17, 15) is 9.59 Å². The number of amides is 2. The molecule has 2 amide bonds. The zero-order valence-electron chi connectivity index (χ0n) is 12.7. The van der Waals surface area contributed by atoms with E-state index in [1.807, 2.05) is 23.6 Å². The first-order chi connectivity index (χ1) is 9.58. The Morgan fingerprint density at radius 3 is 2.15 bits per heavy atom. The SMILES string of the molecule is CCN(CC)C(=O)N1CCN(CCCCC(=O)O)CC1. The lowest BCUT2D eigenvalue weighted by Gasteiger charge is -2.37. The van der Waals surface area contributed by atoms with Crippen LogP contribution in [0.3, 0.4) is 0 Å². The van der Waals surface area contributed by atoms with Crippen molar-refractivity contribution in [2.45, 2.75) is 33.1 Å². The molecule has 0 aromatic heterocycles. The van der Waals surface area contributed by atoms with Crippen LogP contribution in [0.4, 0.5) is 4.79 Å². The van der Waals surface area contributed by atoms with Crippen LogP contribution in [-0.2, 0) is 4.79 Å². The molecule has 0 saturated carbocycles. The number of carbonyl (C=O) groups is 2. The zero-order valence-corrected chi connectivity index (χ0v) is 12.7. The molecule has 0 aliphatic carbocycles. The lowest BCUT2D eigenvalue weighted by molar-refractivity contribution is -0.137. The Morgan fingerprint density at radius 1 is 1.05 bits per heavy atom. The second kappa shape index (κ2) is 8.79. The Morgan fingerprint density at radius 2 is 1.65 bits per heavy atom. The van der Waals surface area contributed by atoms with Crippen LogP contribution in [0.2, 0.25) is 0 Å². The van der Waals surface area contributed by atoms with Crippen LogP contribution in [0.25, 0.3) is 0 Å². The molecule has 1 aliphatic heterocycles. The van der Waals surface area contributed by atoms with Crippen molar-refractivity contribution in [3.05, 3.63) is 0 Å². The summed E-state index contributed by atoms with van der Waals surface area (Å²) in [5, 5.41) is 8.58. The van der Waals surface area contributed by atoms with Gasteiger partial charge in [-0.25, -0.2) is 4.79 Å². The molecule has 0 unspecified atom stereocenters. The van der Waals surface area contributed by atoms with Crippen LogP contribution in [0.5, 0.6) is 0 Å². The molecule has 6 heteroatoms. The van der Waals surface area contributed by atoms with Crippen molar-refractivity contribution in [3.8, 4) is 0 Å². The fourth-order valence-corrected chi connectivity index (χ4v) is 2.47. The van der Waals surface area contributed by atoms with Gasteiger partial charge in [-0.3, -0.25) is 9.69 Å². The number of urea groups is 1. The van der Waals surface area contributed by atoms with Crippen molar-refractivity contribution >= 4 is 12.0 Å². The molecule has 6 nitrogen and oxygen atoms in total. The number of unbranched alkanes of at least 4 members (excludes halogenated alkanes) is 1. The van der Waals surface area contributed by atoms with E-state index in [0.717, 1.165) is 58.7 Å². The van der Waals surface area contributed by atoms with Crippen LogP contribution in [-0.4, -0.2) is 77.6 Å². The molecule has 0 aromatic rings. The molecular weight excluding hydrogens is 258 g/mol. The standard InChI is InChI=1S/C14H27N3O3/c1-3-16(4-2)14(20)17-11-9-15(10-12-17)8-6-5-7-13(18)19/h3-12H2,1-2H3,(H,18,19). The Kier molecular flexibility index (Phi) is 7.36. The van der Waals surface area contributed by atoms with Gasteiger partial charge in [-0.15, -0.1) is 0 Å². The highest BCUT2D eigenvalue weighted by atomic mass is 16.4. The number of piperazine rings is 1. The van der Waals surface area contributed by atoms with E-state index in [2.05, 4.69) is 4.90 Å². The summed E-state index contributed by atoms with van der Waals surface area (Å²) < 4.78 is 0. The van der Waals surface area contributed by atoms with Crippen molar-refractivity contribution < 1.29 is 14.7 Å². The average molecular weight is 285 g/mol. The summed E-state index contributed by atoms with van der Waals surface area (Å²) in [6, 6.07) is 0.139. The van der Waals surface area contributed by atoms with Gasteiger partial charge in [0.2, 0.25) is 0 Å². The van der Waals surface area contributed by atoms with Gasteiger partial charge in [-0.1, -0.05) is 0 Å². The van der Waals surface area contributed by atoms with E-state index in [1.54, 1.807) is 0 Å². The first-order valence-electron chi connectivity index (χ1n) is 7.56. The van der Waals surface area contributed by atoms with Crippen LogP contribution in [0, 0.1) is 0 Å². The van der Waals surface area contributed by atoms with Gasteiger partial charge in [0.15, 0.2) is 0 Å². The summed E-state index contributed by atoms with van der Waals surface area (Å²) in [5.41, 5.74) is 0. The Balaban J connectivity index is 2.22. The van der Waals surface area contributed by atoms with Crippen LogP contribution in [0.15, 0.2) is 0 Å². The second-order valence-corrected chi connectivity index (χ2v) is 5.13. The highest BCUT2D eigenvalue weighted by Crippen LogP contribution is 2.07. The molecule has 0 radical (unpaired) electrons. The fourth-order valence-electron chi connectivity index (χ4n) is 2.47. The van der Waals surface area contributed by atoms with Crippen LogP contribution >= 0.6 is 0 Å². The predicted molar refractivity (Wildman–Crippen MR) is 77.8 cm³/mol. The van der Waals surface area contributed by atoms with E-state index in [4.69, 9.17) is 5.11 Å². The number of rotatable bonds is 7. The molecule has 1 rings (SSSR count). The number of aliphatic carboxylic acids is 1. The lowest BCUT2D eigenvalue weighted by atomic mass is 10.2. The van der Waals surface area contributed by atoms with E-state index in [-0.39, 0.29) is 12.5 Å². The summed E-state index contributed by atoms with van der Waals surface area (Å²) in [6.45, 7) is 9.76. The topological polar surface area (TPSA) is 64.1 Å². The molecular formula is C14H27N3O3. The van der Waals surface area contributed by atoms with Gasteiger partial charge >= 0.3 is 12.0 Å².